The summed E-state index contributed by atoms with van der Waals surface area (Å²) in [4.78, 5) is 17.8. The van der Waals surface area contributed by atoms with Gasteiger partial charge in [0.1, 0.15) is 0 Å². The number of nitrogens with one attached hydrogen (secondary N) is 1. The summed E-state index contributed by atoms with van der Waals surface area (Å²) >= 11 is 1.52. The van der Waals surface area contributed by atoms with Gasteiger partial charge in [0.15, 0.2) is 0 Å². The second-order valence-electron chi connectivity index (χ2n) is 8.03. The second-order valence-corrected chi connectivity index (χ2v) is 10.8. The minimum atomic E-state index is -3.57. The Morgan fingerprint density at radius 2 is 1.91 bits per heavy atom. The first-order chi connectivity index (χ1) is 15.3. The number of carbonyl (C=O) groups is 1. The summed E-state index contributed by atoms with van der Waals surface area (Å²) in [6.07, 6.45) is 3.27. The van der Waals surface area contributed by atoms with Crippen LogP contribution < -0.4 is 5.32 Å². The fourth-order valence-electron chi connectivity index (χ4n) is 4.01. The Kier molecular flexibility index (Phi) is 6.73. The molecule has 0 bridgehead atoms. The first kappa shape index (κ1) is 22.6. The molecular weight excluding hydrogens is 448 g/mol. The number of sulfonamides is 1. The molecule has 1 aromatic carbocycles. The zero-order chi connectivity index (χ0) is 22.7. The van der Waals surface area contributed by atoms with Crippen LogP contribution >= 0.6 is 11.3 Å². The fraction of sp³-hybridized carbons (Fsp3) is 0.409. The molecule has 0 saturated carbocycles. The van der Waals surface area contributed by atoms with Crippen molar-refractivity contribution >= 4 is 33.0 Å². The van der Waals surface area contributed by atoms with Crippen molar-refractivity contribution in [1.82, 2.24) is 14.4 Å². The van der Waals surface area contributed by atoms with Crippen molar-refractivity contribution in [1.29, 1.82) is 0 Å². The Morgan fingerprint density at radius 1 is 1.19 bits per heavy atom. The summed E-state index contributed by atoms with van der Waals surface area (Å²) in [6.45, 7) is 3.91. The topological polar surface area (TPSA) is 105 Å². The zero-order valence-corrected chi connectivity index (χ0v) is 19.7. The fourth-order valence-corrected chi connectivity index (χ4v) is 6.54. The van der Waals surface area contributed by atoms with Gasteiger partial charge in [-0.1, -0.05) is 17.6 Å². The number of carbonyl (C=O) groups excluding carboxylic acids is 1. The molecule has 1 amide bonds. The number of benzene rings is 1. The summed E-state index contributed by atoms with van der Waals surface area (Å²) in [5.74, 6) is 0.703. The minimum absolute atomic E-state index is 0.0202. The van der Waals surface area contributed by atoms with Crippen LogP contribution in [0.15, 0.2) is 51.2 Å². The molecule has 0 radical (unpaired) electrons. The predicted octanol–water partition coefficient (Wildman–Crippen LogP) is 4.32. The van der Waals surface area contributed by atoms with E-state index in [0.29, 0.717) is 23.8 Å². The molecule has 1 fully saturated rings. The Balaban J connectivity index is 1.34. The summed E-state index contributed by atoms with van der Waals surface area (Å²) in [7, 11) is -3.57. The first-order valence-electron chi connectivity index (χ1n) is 10.6. The molecule has 4 rings (SSSR count). The number of nitrogens with zero attached hydrogens (tertiary/aromatic N) is 3. The molecule has 2 unspecified atom stereocenters. The first-order valence-corrected chi connectivity index (χ1v) is 13.0. The third-order valence-corrected chi connectivity index (χ3v) is 8.61. The number of anilines is 1. The third kappa shape index (κ3) is 4.92. The lowest BCUT2D eigenvalue weighted by molar-refractivity contribution is -0.116. The van der Waals surface area contributed by atoms with Gasteiger partial charge in [0.25, 0.3) is 0 Å². The molecule has 3 aromatic rings. The molecule has 2 atom stereocenters. The van der Waals surface area contributed by atoms with Crippen molar-refractivity contribution in [2.45, 2.75) is 62.9 Å². The summed E-state index contributed by atoms with van der Waals surface area (Å²) in [5, 5.41) is 8.65. The highest BCUT2D eigenvalue weighted by atomic mass is 32.2. The molecule has 1 aliphatic heterocycles. The molecule has 3 heterocycles. The standard InChI is InChI=1S/C22H26N4O4S2/c1-15-5-3-6-16(2)26(15)32(28,29)18-10-8-17(9-11-18)23-20(27)12-13-21-24-22(25-30-21)19-7-4-14-31-19/h4,7-11,14-16H,3,5-6,12-13H2,1-2H3,(H,23,27). The number of thiophene rings is 1. The third-order valence-electron chi connectivity index (χ3n) is 5.60. The number of hydrogen-bond donors (Lipinski definition) is 1. The highest BCUT2D eigenvalue weighted by molar-refractivity contribution is 7.89. The molecule has 1 N–H and O–H groups in total. The van der Waals surface area contributed by atoms with E-state index < -0.39 is 10.0 Å². The van der Waals surface area contributed by atoms with Crippen molar-refractivity contribution in [2.75, 3.05) is 5.32 Å². The Morgan fingerprint density at radius 3 is 2.56 bits per heavy atom. The van der Waals surface area contributed by atoms with E-state index in [0.717, 1.165) is 24.1 Å². The number of hydrogen-bond acceptors (Lipinski definition) is 7. The number of aromatic nitrogens is 2. The molecular formula is C22H26N4O4S2. The van der Waals surface area contributed by atoms with Gasteiger partial charge in [-0.25, -0.2) is 8.42 Å². The summed E-state index contributed by atoms with van der Waals surface area (Å²) in [5.41, 5.74) is 0.540. The number of piperidine rings is 1. The maximum Gasteiger partial charge on any atom is 0.243 e. The van der Waals surface area contributed by atoms with Crippen LogP contribution in [0, 0.1) is 0 Å². The lowest BCUT2D eigenvalue weighted by Crippen LogP contribution is -2.47. The number of rotatable bonds is 7. The molecule has 1 saturated heterocycles. The van der Waals surface area contributed by atoms with E-state index in [9.17, 15) is 13.2 Å². The van der Waals surface area contributed by atoms with Gasteiger partial charge in [-0.15, -0.1) is 11.3 Å². The van der Waals surface area contributed by atoms with Crippen molar-refractivity contribution < 1.29 is 17.7 Å². The van der Waals surface area contributed by atoms with Gasteiger partial charge >= 0.3 is 0 Å². The Labute approximate surface area is 191 Å². The van der Waals surface area contributed by atoms with E-state index in [2.05, 4.69) is 15.5 Å². The van der Waals surface area contributed by atoms with Gasteiger partial charge in [-0.2, -0.15) is 9.29 Å². The highest BCUT2D eigenvalue weighted by Gasteiger charge is 2.35. The normalized spacial score (nSPS) is 19.7. The zero-order valence-electron chi connectivity index (χ0n) is 18.0. The lowest BCUT2D eigenvalue weighted by Gasteiger charge is -2.37. The van der Waals surface area contributed by atoms with E-state index in [4.69, 9.17) is 4.52 Å². The van der Waals surface area contributed by atoms with Crippen molar-refractivity contribution in [2.24, 2.45) is 0 Å². The van der Waals surface area contributed by atoms with Crippen molar-refractivity contribution in [3.8, 4) is 10.7 Å². The van der Waals surface area contributed by atoms with Crippen LogP contribution in [0.3, 0.4) is 0 Å². The van der Waals surface area contributed by atoms with Crippen LogP contribution in [0.25, 0.3) is 10.7 Å². The largest absolute Gasteiger partial charge is 0.339 e. The molecule has 170 valence electrons. The smallest absolute Gasteiger partial charge is 0.243 e. The van der Waals surface area contributed by atoms with E-state index in [1.165, 1.54) is 11.3 Å². The van der Waals surface area contributed by atoms with Gasteiger partial charge in [0, 0.05) is 30.6 Å². The van der Waals surface area contributed by atoms with Gasteiger partial charge < -0.3 is 9.84 Å². The van der Waals surface area contributed by atoms with Crippen LogP contribution in [0.2, 0.25) is 0 Å². The number of aryl methyl sites for hydroxylation is 1. The maximum atomic E-state index is 13.1. The average molecular weight is 475 g/mol. The lowest BCUT2D eigenvalue weighted by atomic mass is 10.0. The average Bonchev–Trinajstić information content (AvgIpc) is 3.44. The second kappa shape index (κ2) is 9.51. The number of amides is 1. The van der Waals surface area contributed by atoms with E-state index in [1.54, 1.807) is 28.6 Å². The summed E-state index contributed by atoms with van der Waals surface area (Å²) in [6, 6.07) is 10.1. The highest BCUT2D eigenvalue weighted by Crippen LogP contribution is 2.30. The van der Waals surface area contributed by atoms with Crippen molar-refractivity contribution in [3.63, 3.8) is 0 Å². The van der Waals surface area contributed by atoms with Crippen molar-refractivity contribution in [3.05, 3.63) is 47.7 Å². The Hall–Kier alpha value is -2.56. The molecule has 32 heavy (non-hydrogen) atoms. The van der Waals surface area contributed by atoms with E-state index in [1.807, 2.05) is 31.4 Å². The van der Waals surface area contributed by atoms with Gasteiger partial charge in [-0.3, -0.25) is 4.79 Å². The van der Waals surface area contributed by atoms with Gasteiger partial charge in [0.05, 0.1) is 9.77 Å². The monoisotopic (exact) mass is 474 g/mol. The minimum Gasteiger partial charge on any atom is -0.339 e. The van der Waals surface area contributed by atoms with Crippen LogP contribution in [0.1, 0.15) is 45.4 Å². The van der Waals surface area contributed by atoms with Gasteiger partial charge in [-0.05, 0) is 62.4 Å². The van der Waals surface area contributed by atoms with E-state index >= 15 is 0 Å². The molecule has 0 aliphatic carbocycles. The van der Waals surface area contributed by atoms with Crippen LogP contribution in [0.5, 0.6) is 0 Å². The van der Waals surface area contributed by atoms with Crippen LogP contribution in [-0.2, 0) is 21.2 Å². The van der Waals surface area contributed by atoms with E-state index in [-0.39, 0.29) is 29.3 Å². The maximum absolute atomic E-state index is 13.1. The predicted molar refractivity (Wildman–Crippen MR) is 123 cm³/mol. The van der Waals surface area contributed by atoms with Crippen LogP contribution in [-0.4, -0.2) is 40.9 Å². The van der Waals surface area contributed by atoms with Crippen LogP contribution in [0.4, 0.5) is 5.69 Å². The SMILES string of the molecule is CC1CCCC(C)N1S(=O)(=O)c1ccc(NC(=O)CCc2nc(-c3cccs3)no2)cc1. The Bertz CT molecular complexity index is 1150. The van der Waals surface area contributed by atoms with Gasteiger partial charge in [0.2, 0.25) is 27.6 Å². The quantitative estimate of drug-likeness (QED) is 0.547. The molecule has 1 aliphatic rings. The molecule has 2 aromatic heterocycles. The molecule has 10 heteroatoms. The summed E-state index contributed by atoms with van der Waals surface area (Å²) < 4.78 is 33.0. The molecule has 8 nitrogen and oxygen atoms in total. The molecule has 0 spiro atoms.